The van der Waals surface area contributed by atoms with Gasteiger partial charge < -0.3 is 14.8 Å². The first-order chi connectivity index (χ1) is 8.31. The maximum atomic E-state index is 4.38. The van der Waals surface area contributed by atoms with E-state index in [9.17, 15) is 0 Å². The number of nitrogens with one attached hydrogen (secondary N) is 1. The average Bonchev–Trinajstić information content (AvgIpc) is 2.79. The summed E-state index contributed by atoms with van der Waals surface area (Å²) in [5, 5.41) is 3.54. The van der Waals surface area contributed by atoms with Crippen LogP contribution in [0.25, 0.3) is 0 Å². The Morgan fingerprint density at radius 2 is 2.35 bits per heavy atom. The first-order valence-corrected chi connectivity index (χ1v) is 6.72. The Morgan fingerprint density at radius 1 is 1.47 bits per heavy atom. The number of likely N-dealkylation sites (N-methyl/N-ethyl adjacent to an activating group) is 1. The van der Waals surface area contributed by atoms with E-state index >= 15 is 0 Å². The van der Waals surface area contributed by atoms with Crippen LogP contribution in [0.2, 0.25) is 0 Å². The molecule has 0 bridgehead atoms. The van der Waals surface area contributed by atoms with Crippen molar-refractivity contribution < 1.29 is 0 Å². The fraction of sp³-hybridized carbons (Fsp3) is 0.769. The zero-order chi connectivity index (χ0) is 12.1. The van der Waals surface area contributed by atoms with Gasteiger partial charge in [-0.2, -0.15) is 0 Å². The molecule has 1 atom stereocenters. The van der Waals surface area contributed by atoms with Crippen molar-refractivity contribution in [2.75, 3.05) is 20.1 Å². The molecule has 0 radical (unpaired) electrons. The first kappa shape index (κ1) is 12.6. The zero-order valence-corrected chi connectivity index (χ0v) is 11.0. The summed E-state index contributed by atoms with van der Waals surface area (Å²) in [4.78, 5) is 6.85. The molecule has 0 aliphatic carbocycles. The molecule has 1 unspecified atom stereocenters. The monoisotopic (exact) mass is 236 g/mol. The maximum Gasteiger partial charge on any atom is 0.122 e. The molecular weight excluding hydrogens is 212 g/mol. The number of hydrogen-bond acceptors (Lipinski definition) is 3. The van der Waals surface area contributed by atoms with Crippen LogP contribution >= 0.6 is 0 Å². The Labute approximate surface area is 104 Å². The van der Waals surface area contributed by atoms with Crippen molar-refractivity contribution >= 4 is 0 Å². The van der Waals surface area contributed by atoms with Gasteiger partial charge in [-0.1, -0.05) is 6.42 Å². The van der Waals surface area contributed by atoms with Gasteiger partial charge in [0.25, 0.3) is 0 Å². The van der Waals surface area contributed by atoms with E-state index in [0.29, 0.717) is 6.04 Å². The molecule has 1 aromatic rings. The highest BCUT2D eigenvalue weighted by Crippen LogP contribution is 2.14. The molecule has 2 rings (SSSR count). The molecule has 1 saturated heterocycles. The van der Waals surface area contributed by atoms with Gasteiger partial charge >= 0.3 is 0 Å². The molecule has 17 heavy (non-hydrogen) atoms. The number of hydrogen-bond donors (Lipinski definition) is 1. The van der Waals surface area contributed by atoms with E-state index in [2.05, 4.69) is 33.7 Å². The van der Waals surface area contributed by atoms with Crippen molar-refractivity contribution in [3.8, 4) is 0 Å². The Balaban J connectivity index is 1.75. The number of rotatable bonds is 5. The van der Waals surface area contributed by atoms with Crippen LogP contribution in [0.3, 0.4) is 0 Å². The standard InChI is InChI=1S/C13H24N4/c1-3-17-9-7-15-13(17)11-14-10-12-6-4-5-8-16(12)2/h7,9,12,14H,3-6,8,10-11H2,1-2H3. The molecule has 2 heterocycles. The topological polar surface area (TPSA) is 33.1 Å². The van der Waals surface area contributed by atoms with Gasteiger partial charge in [-0.05, 0) is 33.4 Å². The summed E-state index contributed by atoms with van der Waals surface area (Å²) in [6.07, 6.45) is 7.98. The van der Waals surface area contributed by atoms with Crippen molar-refractivity contribution in [3.05, 3.63) is 18.2 Å². The summed E-state index contributed by atoms with van der Waals surface area (Å²) in [7, 11) is 2.23. The first-order valence-electron chi connectivity index (χ1n) is 6.72. The molecule has 0 spiro atoms. The van der Waals surface area contributed by atoms with Gasteiger partial charge in [-0.25, -0.2) is 4.98 Å². The lowest BCUT2D eigenvalue weighted by molar-refractivity contribution is 0.181. The summed E-state index contributed by atoms with van der Waals surface area (Å²) in [5.41, 5.74) is 0. The molecule has 1 aliphatic rings. The minimum Gasteiger partial charge on any atom is -0.334 e. The summed E-state index contributed by atoms with van der Waals surface area (Å²) in [6, 6.07) is 0.703. The predicted molar refractivity (Wildman–Crippen MR) is 69.9 cm³/mol. The molecule has 1 aliphatic heterocycles. The zero-order valence-electron chi connectivity index (χ0n) is 11.0. The van der Waals surface area contributed by atoms with E-state index in [1.807, 2.05) is 12.4 Å². The van der Waals surface area contributed by atoms with Crippen LogP contribution in [-0.2, 0) is 13.1 Å². The van der Waals surface area contributed by atoms with Gasteiger partial charge in [0.2, 0.25) is 0 Å². The second-order valence-electron chi connectivity index (χ2n) is 4.89. The predicted octanol–water partition coefficient (Wildman–Crippen LogP) is 1.48. The minimum absolute atomic E-state index is 0.703. The number of aryl methyl sites for hydroxylation is 1. The Morgan fingerprint density at radius 3 is 3.12 bits per heavy atom. The van der Waals surface area contributed by atoms with E-state index in [1.165, 1.54) is 25.8 Å². The lowest BCUT2D eigenvalue weighted by atomic mass is 10.0. The molecule has 96 valence electrons. The Bertz CT molecular complexity index is 334. The number of aromatic nitrogens is 2. The van der Waals surface area contributed by atoms with Gasteiger partial charge in [-0.15, -0.1) is 0 Å². The number of nitrogens with zero attached hydrogens (tertiary/aromatic N) is 3. The molecule has 0 amide bonds. The van der Waals surface area contributed by atoms with Crippen LogP contribution in [0.4, 0.5) is 0 Å². The van der Waals surface area contributed by atoms with E-state index in [4.69, 9.17) is 0 Å². The highest BCUT2D eigenvalue weighted by atomic mass is 15.2. The third-order valence-corrected chi connectivity index (χ3v) is 3.73. The molecule has 1 N–H and O–H groups in total. The van der Waals surface area contributed by atoms with Crippen molar-refractivity contribution in [2.24, 2.45) is 0 Å². The lowest BCUT2D eigenvalue weighted by Gasteiger charge is -2.32. The molecule has 1 fully saturated rings. The van der Waals surface area contributed by atoms with Crippen molar-refractivity contribution in [1.29, 1.82) is 0 Å². The molecule has 1 aromatic heterocycles. The van der Waals surface area contributed by atoms with Crippen LogP contribution in [0, 0.1) is 0 Å². The highest BCUT2D eigenvalue weighted by molar-refractivity contribution is 4.92. The van der Waals surface area contributed by atoms with Gasteiger partial charge in [-0.3, -0.25) is 0 Å². The quantitative estimate of drug-likeness (QED) is 0.840. The van der Waals surface area contributed by atoms with Crippen molar-refractivity contribution in [2.45, 2.75) is 45.3 Å². The van der Waals surface area contributed by atoms with E-state index in [-0.39, 0.29) is 0 Å². The Kier molecular flexibility index (Phi) is 4.57. The van der Waals surface area contributed by atoms with Gasteiger partial charge in [0.05, 0.1) is 6.54 Å². The number of likely N-dealkylation sites (tertiary alicyclic amines) is 1. The van der Waals surface area contributed by atoms with Gasteiger partial charge in [0, 0.05) is 31.5 Å². The second-order valence-corrected chi connectivity index (χ2v) is 4.89. The van der Waals surface area contributed by atoms with Crippen molar-refractivity contribution in [1.82, 2.24) is 19.8 Å². The molecule has 4 nitrogen and oxygen atoms in total. The third-order valence-electron chi connectivity index (χ3n) is 3.73. The van der Waals surface area contributed by atoms with E-state index < -0.39 is 0 Å². The SMILES string of the molecule is CCn1ccnc1CNCC1CCCCN1C. The summed E-state index contributed by atoms with van der Waals surface area (Å²) >= 11 is 0. The highest BCUT2D eigenvalue weighted by Gasteiger charge is 2.18. The molecular formula is C13H24N4. The minimum atomic E-state index is 0.703. The third kappa shape index (κ3) is 3.30. The molecule has 4 heteroatoms. The molecule has 0 aromatic carbocycles. The number of imidazole rings is 1. The fourth-order valence-electron chi connectivity index (χ4n) is 2.55. The number of piperidine rings is 1. The van der Waals surface area contributed by atoms with E-state index in [0.717, 1.165) is 25.5 Å². The largest absolute Gasteiger partial charge is 0.334 e. The Hall–Kier alpha value is -0.870. The lowest BCUT2D eigenvalue weighted by Crippen LogP contribution is -2.43. The van der Waals surface area contributed by atoms with Crippen LogP contribution in [0.5, 0.6) is 0 Å². The second kappa shape index (κ2) is 6.17. The van der Waals surface area contributed by atoms with Crippen LogP contribution in [-0.4, -0.2) is 40.6 Å². The van der Waals surface area contributed by atoms with Crippen LogP contribution < -0.4 is 5.32 Å². The smallest absolute Gasteiger partial charge is 0.122 e. The summed E-state index contributed by atoms with van der Waals surface area (Å²) in [5.74, 6) is 1.14. The summed E-state index contributed by atoms with van der Waals surface area (Å²) < 4.78 is 2.19. The van der Waals surface area contributed by atoms with Gasteiger partial charge in [0.1, 0.15) is 5.82 Å². The summed E-state index contributed by atoms with van der Waals surface area (Å²) in [6.45, 7) is 6.36. The average molecular weight is 236 g/mol. The van der Waals surface area contributed by atoms with E-state index in [1.54, 1.807) is 0 Å². The van der Waals surface area contributed by atoms with Crippen molar-refractivity contribution in [3.63, 3.8) is 0 Å². The fourth-order valence-corrected chi connectivity index (χ4v) is 2.55. The van der Waals surface area contributed by atoms with Crippen LogP contribution in [0.15, 0.2) is 12.4 Å². The molecule has 0 saturated carbocycles. The van der Waals surface area contributed by atoms with Gasteiger partial charge in [0.15, 0.2) is 0 Å². The maximum absolute atomic E-state index is 4.38. The normalized spacial score (nSPS) is 21.9. The van der Waals surface area contributed by atoms with Crippen LogP contribution in [0.1, 0.15) is 32.0 Å².